The van der Waals surface area contributed by atoms with Gasteiger partial charge >= 0.3 is 0 Å². The van der Waals surface area contributed by atoms with Crippen LogP contribution in [-0.2, 0) is 18.1 Å². The summed E-state index contributed by atoms with van der Waals surface area (Å²) in [6.45, 7) is 6.31. The Bertz CT molecular complexity index is 1520. The van der Waals surface area contributed by atoms with E-state index in [0.29, 0.717) is 0 Å². The first-order chi connectivity index (χ1) is 17.6. The first-order valence-electron chi connectivity index (χ1n) is 11.5. The van der Waals surface area contributed by atoms with Gasteiger partial charge < -0.3 is 14.8 Å². The lowest BCUT2D eigenvalue weighted by Gasteiger charge is -2.23. The highest BCUT2D eigenvalue weighted by molar-refractivity contribution is 5.51. The second-order valence-electron chi connectivity index (χ2n) is 9.62. The topological polar surface area (TPSA) is 121 Å². The molecular formula is C26H26F4N4O4. The molecule has 3 aromatic rings. The molecule has 0 bridgehead atoms. The van der Waals surface area contributed by atoms with Crippen LogP contribution in [0.5, 0.6) is 11.5 Å². The molecule has 202 valence electrons. The van der Waals surface area contributed by atoms with E-state index in [1.807, 2.05) is 0 Å². The van der Waals surface area contributed by atoms with Crippen molar-refractivity contribution in [1.82, 2.24) is 14.5 Å². The fourth-order valence-corrected chi connectivity index (χ4v) is 3.52. The normalized spacial score (nSPS) is 12.2. The molecule has 2 N–H and O–H groups in total. The number of aliphatic hydroxyl groups is 1. The molecule has 0 aliphatic heterocycles. The van der Waals surface area contributed by atoms with Gasteiger partial charge in [0.05, 0.1) is 30.1 Å². The van der Waals surface area contributed by atoms with Crippen LogP contribution in [-0.4, -0.2) is 19.6 Å². The summed E-state index contributed by atoms with van der Waals surface area (Å²) >= 11 is 0. The number of halogens is 4. The summed E-state index contributed by atoms with van der Waals surface area (Å²) in [7, 11) is 0. The molecular weight excluding hydrogens is 508 g/mol. The van der Waals surface area contributed by atoms with E-state index in [2.05, 4.69) is 9.97 Å². The summed E-state index contributed by atoms with van der Waals surface area (Å²) in [6, 6.07) is 6.37. The number of nitrogens with zero attached hydrogens (tertiary/aromatic N) is 3. The average Bonchev–Trinajstić information content (AvgIpc) is 2.82. The first kappa shape index (κ1) is 28.6. The van der Waals surface area contributed by atoms with Crippen molar-refractivity contribution < 1.29 is 27.4 Å². The lowest BCUT2D eigenvalue weighted by molar-refractivity contribution is -0.0573. The Kier molecular flexibility index (Phi) is 7.83. The standard InChI is InChI=1S/C26H26F4N4O4/c1-13(2)26(29,30)21-20(38-18-9-16(22(27)28)8-17(10-31)14(18)3)24(36)34(12-32-21)11-15-6-7-19(25(4,5)37)33-23(15)35/h6-9,12-13,22,37H,11H2,1-5H3,(H,33,35). The second-order valence-corrected chi connectivity index (χ2v) is 9.62. The zero-order valence-electron chi connectivity index (χ0n) is 21.3. The van der Waals surface area contributed by atoms with E-state index >= 15 is 8.78 Å². The summed E-state index contributed by atoms with van der Waals surface area (Å²) in [5.41, 5.74) is -4.52. The molecule has 8 nitrogen and oxygen atoms in total. The fourth-order valence-electron chi connectivity index (χ4n) is 3.52. The van der Waals surface area contributed by atoms with Gasteiger partial charge in [-0.3, -0.25) is 14.2 Å². The lowest BCUT2D eigenvalue weighted by Crippen LogP contribution is -2.32. The number of hydrogen-bond donors (Lipinski definition) is 2. The summed E-state index contributed by atoms with van der Waals surface area (Å²) < 4.78 is 63.5. The van der Waals surface area contributed by atoms with Gasteiger partial charge in [-0.25, -0.2) is 13.8 Å². The number of nitriles is 1. The lowest BCUT2D eigenvalue weighted by atomic mass is 10.0. The molecule has 0 atom stereocenters. The molecule has 0 spiro atoms. The number of ether oxygens (including phenoxy) is 1. The Hall–Kier alpha value is -3.98. The van der Waals surface area contributed by atoms with Gasteiger partial charge in [-0.1, -0.05) is 13.8 Å². The largest absolute Gasteiger partial charge is 0.449 e. The SMILES string of the molecule is Cc1c(C#N)cc(C(F)F)cc1Oc1c(C(F)(F)C(C)C)ncn(Cc2ccc(C(C)(C)O)[nH]c2=O)c1=O. The van der Waals surface area contributed by atoms with Crippen molar-refractivity contribution >= 4 is 0 Å². The highest BCUT2D eigenvalue weighted by atomic mass is 19.3. The average molecular weight is 535 g/mol. The minimum Gasteiger partial charge on any atom is -0.449 e. The molecule has 0 amide bonds. The molecule has 2 aromatic heterocycles. The molecule has 38 heavy (non-hydrogen) atoms. The number of nitrogens with one attached hydrogen (secondary N) is 1. The van der Waals surface area contributed by atoms with Crippen molar-refractivity contribution in [2.24, 2.45) is 5.92 Å². The van der Waals surface area contributed by atoms with E-state index in [4.69, 9.17) is 4.74 Å². The van der Waals surface area contributed by atoms with Crippen molar-refractivity contribution in [2.45, 2.75) is 59.1 Å². The zero-order valence-corrected chi connectivity index (χ0v) is 21.3. The maximum atomic E-state index is 15.1. The van der Waals surface area contributed by atoms with Crippen LogP contribution in [0.4, 0.5) is 17.6 Å². The van der Waals surface area contributed by atoms with Gasteiger partial charge in [0.15, 0.2) is 5.69 Å². The maximum absolute atomic E-state index is 15.1. The van der Waals surface area contributed by atoms with E-state index in [1.165, 1.54) is 46.8 Å². The third-order valence-electron chi connectivity index (χ3n) is 5.99. The van der Waals surface area contributed by atoms with Gasteiger partial charge in [0.25, 0.3) is 23.5 Å². The molecule has 0 fully saturated rings. The zero-order chi connectivity index (χ0) is 28.6. The molecule has 0 saturated heterocycles. The number of pyridine rings is 1. The van der Waals surface area contributed by atoms with E-state index in [0.717, 1.165) is 23.0 Å². The Balaban J connectivity index is 2.19. The Morgan fingerprint density at radius 1 is 1.21 bits per heavy atom. The summed E-state index contributed by atoms with van der Waals surface area (Å²) in [4.78, 5) is 32.2. The van der Waals surface area contributed by atoms with Crippen molar-refractivity contribution in [3.05, 3.63) is 84.9 Å². The van der Waals surface area contributed by atoms with Gasteiger partial charge in [0.2, 0.25) is 5.75 Å². The van der Waals surface area contributed by atoms with Crippen LogP contribution in [0.1, 0.15) is 67.8 Å². The highest BCUT2D eigenvalue weighted by Crippen LogP contribution is 2.40. The van der Waals surface area contributed by atoms with Crippen molar-refractivity contribution in [3.8, 4) is 17.6 Å². The van der Waals surface area contributed by atoms with Crippen LogP contribution in [0, 0.1) is 24.2 Å². The number of hydrogen-bond acceptors (Lipinski definition) is 6. The van der Waals surface area contributed by atoms with E-state index in [1.54, 1.807) is 6.07 Å². The van der Waals surface area contributed by atoms with Gasteiger partial charge in [-0.05, 0) is 45.0 Å². The molecule has 0 aliphatic rings. The third kappa shape index (κ3) is 5.62. The highest BCUT2D eigenvalue weighted by Gasteiger charge is 2.42. The molecule has 1 aromatic carbocycles. The minimum atomic E-state index is -3.65. The molecule has 2 heterocycles. The smallest absolute Gasteiger partial charge is 0.297 e. The van der Waals surface area contributed by atoms with Crippen LogP contribution in [0.15, 0.2) is 40.2 Å². The predicted molar refractivity (Wildman–Crippen MR) is 130 cm³/mol. The first-order valence-corrected chi connectivity index (χ1v) is 11.5. The number of rotatable bonds is 8. The minimum absolute atomic E-state index is 0.0545. The van der Waals surface area contributed by atoms with Gasteiger partial charge in [-0.15, -0.1) is 0 Å². The van der Waals surface area contributed by atoms with Crippen LogP contribution in [0.2, 0.25) is 0 Å². The van der Waals surface area contributed by atoms with E-state index < -0.39 is 58.5 Å². The fraction of sp³-hybridized carbons (Fsp3) is 0.385. The Morgan fingerprint density at radius 3 is 2.39 bits per heavy atom. The Labute approximate surface area is 215 Å². The van der Waals surface area contributed by atoms with E-state index in [-0.39, 0.29) is 28.1 Å². The predicted octanol–water partition coefficient (Wildman–Crippen LogP) is 4.87. The maximum Gasteiger partial charge on any atom is 0.297 e. The number of aromatic amines is 1. The van der Waals surface area contributed by atoms with Crippen LogP contribution in [0.25, 0.3) is 0 Å². The van der Waals surface area contributed by atoms with Crippen molar-refractivity contribution in [1.29, 1.82) is 5.26 Å². The number of H-pyrrole nitrogens is 1. The summed E-state index contributed by atoms with van der Waals surface area (Å²) in [6.07, 6.45) is -2.15. The quantitative estimate of drug-likeness (QED) is 0.398. The van der Waals surface area contributed by atoms with Gasteiger partial charge in [-0.2, -0.15) is 14.0 Å². The summed E-state index contributed by atoms with van der Waals surface area (Å²) in [5, 5.41) is 19.4. The molecule has 12 heteroatoms. The van der Waals surface area contributed by atoms with Crippen LogP contribution in [0.3, 0.4) is 0 Å². The molecule has 0 unspecified atom stereocenters. The monoisotopic (exact) mass is 534 g/mol. The van der Waals surface area contributed by atoms with Crippen LogP contribution >= 0.6 is 0 Å². The molecule has 0 aliphatic carbocycles. The van der Waals surface area contributed by atoms with Crippen LogP contribution < -0.4 is 15.9 Å². The van der Waals surface area contributed by atoms with E-state index in [9.17, 15) is 28.7 Å². The molecule has 3 rings (SSSR count). The molecule has 0 radical (unpaired) electrons. The van der Waals surface area contributed by atoms with Crippen molar-refractivity contribution in [3.63, 3.8) is 0 Å². The third-order valence-corrected chi connectivity index (χ3v) is 5.99. The van der Waals surface area contributed by atoms with Crippen molar-refractivity contribution in [2.75, 3.05) is 0 Å². The summed E-state index contributed by atoms with van der Waals surface area (Å²) in [5.74, 6) is -6.27. The number of aromatic nitrogens is 3. The number of benzene rings is 1. The van der Waals surface area contributed by atoms with Gasteiger partial charge in [0.1, 0.15) is 5.75 Å². The van der Waals surface area contributed by atoms with Gasteiger partial charge in [0, 0.05) is 28.3 Å². The molecule has 0 saturated carbocycles. The second kappa shape index (κ2) is 10.4. The number of alkyl halides is 4. The Morgan fingerprint density at radius 2 is 1.87 bits per heavy atom.